The minimum Gasteiger partial charge on any atom is -0.322 e. The summed E-state index contributed by atoms with van der Waals surface area (Å²) in [7, 11) is -7.55. The number of nitrogens with one attached hydrogen (secondary N) is 2. The van der Waals surface area contributed by atoms with Crippen LogP contribution in [0.4, 0.5) is 17.1 Å². The van der Waals surface area contributed by atoms with Gasteiger partial charge in [-0.1, -0.05) is 41.4 Å². The van der Waals surface area contributed by atoms with Crippen LogP contribution in [-0.4, -0.2) is 29.0 Å². The van der Waals surface area contributed by atoms with Crippen LogP contribution in [0.1, 0.15) is 27.0 Å². The van der Waals surface area contributed by atoms with Crippen LogP contribution in [0.3, 0.4) is 0 Å². The molecule has 0 unspecified atom stereocenters. The summed E-state index contributed by atoms with van der Waals surface area (Å²) in [5, 5.41) is 3.39. The maximum Gasteiger partial charge on any atom is 0.261 e. The number of halogens is 2. The standard InChI is InChI=1S/C29H27Cl2N3O5S2/c1-19-7-8-20(2)28(17-19)33-41(38,39)24-15-11-22(12-16-24)32-29(35)21-9-13-23(14-10-21)34(40(3,36)37)18-25-26(30)5-4-6-27(25)31/h4-17,33H,18H2,1-3H3,(H,32,35). The van der Waals surface area contributed by atoms with E-state index in [1.54, 1.807) is 24.3 Å². The Kier molecular flexibility index (Phi) is 8.98. The van der Waals surface area contributed by atoms with E-state index in [0.29, 0.717) is 32.7 Å². The highest BCUT2D eigenvalue weighted by Crippen LogP contribution is 2.29. The van der Waals surface area contributed by atoms with Gasteiger partial charge in [0.15, 0.2) is 0 Å². The smallest absolute Gasteiger partial charge is 0.261 e. The quantitative estimate of drug-likeness (QED) is 0.215. The monoisotopic (exact) mass is 631 g/mol. The number of sulfonamides is 2. The average molecular weight is 633 g/mol. The molecule has 214 valence electrons. The molecule has 0 aromatic heterocycles. The molecular formula is C29H27Cl2N3O5S2. The number of carbonyl (C=O) groups is 1. The van der Waals surface area contributed by atoms with E-state index in [9.17, 15) is 21.6 Å². The summed E-state index contributed by atoms with van der Waals surface area (Å²) >= 11 is 12.5. The number of benzene rings is 4. The normalized spacial score (nSPS) is 11.6. The molecule has 1 amide bonds. The zero-order valence-corrected chi connectivity index (χ0v) is 25.5. The molecule has 0 bridgehead atoms. The Morgan fingerprint density at radius 1 is 0.829 bits per heavy atom. The Bertz CT molecular complexity index is 1790. The van der Waals surface area contributed by atoms with Crippen molar-refractivity contribution < 1.29 is 21.6 Å². The van der Waals surface area contributed by atoms with Crippen LogP contribution in [0.2, 0.25) is 10.0 Å². The fraction of sp³-hybridized carbons (Fsp3) is 0.138. The predicted octanol–water partition coefficient (Wildman–Crippen LogP) is 6.63. The van der Waals surface area contributed by atoms with E-state index in [1.165, 1.54) is 48.5 Å². The Balaban J connectivity index is 1.47. The molecule has 2 N–H and O–H groups in total. The van der Waals surface area contributed by atoms with Gasteiger partial charge in [-0.05, 0) is 91.7 Å². The van der Waals surface area contributed by atoms with Crippen LogP contribution in [0.15, 0.2) is 89.8 Å². The van der Waals surface area contributed by atoms with E-state index in [2.05, 4.69) is 10.0 Å². The van der Waals surface area contributed by atoms with Crippen molar-refractivity contribution in [2.75, 3.05) is 20.6 Å². The van der Waals surface area contributed by atoms with E-state index in [-0.39, 0.29) is 17.0 Å². The van der Waals surface area contributed by atoms with E-state index >= 15 is 0 Å². The van der Waals surface area contributed by atoms with E-state index in [0.717, 1.165) is 21.7 Å². The number of carbonyl (C=O) groups excluding carboxylic acids is 1. The number of anilines is 3. The molecule has 0 saturated carbocycles. The van der Waals surface area contributed by atoms with Crippen LogP contribution in [-0.2, 0) is 26.6 Å². The molecule has 0 aliphatic rings. The summed E-state index contributed by atoms with van der Waals surface area (Å²) in [6.07, 6.45) is 1.07. The Morgan fingerprint density at radius 3 is 2.02 bits per heavy atom. The van der Waals surface area contributed by atoms with Crippen molar-refractivity contribution in [3.63, 3.8) is 0 Å². The first-order chi connectivity index (χ1) is 19.2. The molecule has 0 saturated heterocycles. The molecule has 4 aromatic rings. The molecule has 4 rings (SSSR count). The summed E-state index contributed by atoms with van der Waals surface area (Å²) in [6.45, 7) is 3.60. The van der Waals surface area contributed by atoms with Gasteiger partial charge in [-0.15, -0.1) is 0 Å². The van der Waals surface area contributed by atoms with Gasteiger partial charge in [-0.3, -0.25) is 13.8 Å². The van der Waals surface area contributed by atoms with E-state index in [1.807, 2.05) is 26.0 Å². The topological polar surface area (TPSA) is 113 Å². The van der Waals surface area contributed by atoms with Gasteiger partial charge < -0.3 is 5.32 Å². The Labute approximate surface area is 250 Å². The number of rotatable bonds is 9. The van der Waals surface area contributed by atoms with Gasteiger partial charge in [-0.25, -0.2) is 16.8 Å². The zero-order valence-electron chi connectivity index (χ0n) is 22.4. The second-order valence-electron chi connectivity index (χ2n) is 9.42. The molecule has 0 aliphatic heterocycles. The van der Waals surface area contributed by atoms with Crippen molar-refractivity contribution in [1.82, 2.24) is 0 Å². The van der Waals surface area contributed by atoms with Gasteiger partial charge in [0.2, 0.25) is 10.0 Å². The number of aryl methyl sites for hydroxylation is 2. The van der Waals surface area contributed by atoms with Crippen molar-refractivity contribution in [2.24, 2.45) is 0 Å². The minimum atomic E-state index is -3.84. The molecule has 4 aromatic carbocycles. The van der Waals surface area contributed by atoms with E-state index in [4.69, 9.17) is 23.2 Å². The van der Waals surface area contributed by atoms with Gasteiger partial charge in [0.25, 0.3) is 15.9 Å². The lowest BCUT2D eigenvalue weighted by molar-refractivity contribution is 0.102. The highest BCUT2D eigenvalue weighted by Gasteiger charge is 2.21. The molecule has 12 heteroatoms. The first-order valence-corrected chi connectivity index (χ1v) is 16.4. The maximum absolute atomic E-state index is 12.9. The Hall–Kier alpha value is -3.57. The van der Waals surface area contributed by atoms with Crippen LogP contribution in [0.25, 0.3) is 0 Å². The molecule has 0 aliphatic carbocycles. The van der Waals surface area contributed by atoms with Crippen LogP contribution in [0, 0.1) is 13.8 Å². The van der Waals surface area contributed by atoms with Crippen molar-refractivity contribution >= 4 is 66.2 Å². The SMILES string of the molecule is Cc1ccc(C)c(NS(=O)(=O)c2ccc(NC(=O)c3ccc(N(Cc4c(Cl)cccc4Cl)S(C)(=O)=O)cc3)cc2)c1. The van der Waals surface area contributed by atoms with Gasteiger partial charge in [0, 0.05) is 26.9 Å². The largest absolute Gasteiger partial charge is 0.322 e. The van der Waals surface area contributed by atoms with Crippen molar-refractivity contribution in [1.29, 1.82) is 0 Å². The fourth-order valence-electron chi connectivity index (χ4n) is 3.98. The molecule has 0 atom stereocenters. The molecule has 8 nitrogen and oxygen atoms in total. The van der Waals surface area contributed by atoms with Crippen LogP contribution in [0.5, 0.6) is 0 Å². The summed E-state index contributed by atoms with van der Waals surface area (Å²) < 4.78 is 54.6. The lowest BCUT2D eigenvalue weighted by Crippen LogP contribution is -2.29. The molecular weight excluding hydrogens is 605 g/mol. The molecule has 0 heterocycles. The number of nitrogens with zero attached hydrogens (tertiary/aromatic N) is 1. The average Bonchev–Trinajstić information content (AvgIpc) is 2.90. The lowest BCUT2D eigenvalue weighted by atomic mass is 10.1. The van der Waals surface area contributed by atoms with Crippen LogP contribution >= 0.6 is 23.2 Å². The third-order valence-corrected chi connectivity index (χ3v) is 9.47. The highest BCUT2D eigenvalue weighted by molar-refractivity contribution is 7.92. The number of amides is 1. The third kappa shape index (κ3) is 7.39. The van der Waals surface area contributed by atoms with Gasteiger partial charge >= 0.3 is 0 Å². The molecule has 0 radical (unpaired) electrons. The van der Waals surface area contributed by atoms with Crippen LogP contribution < -0.4 is 14.3 Å². The second-order valence-corrected chi connectivity index (χ2v) is 13.8. The summed E-state index contributed by atoms with van der Waals surface area (Å²) in [5.74, 6) is -0.458. The summed E-state index contributed by atoms with van der Waals surface area (Å²) in [6, 6.07) is 22.2. The predicted molar refractivity (Wildman–Crippen MR) is 165 cm³/mol. The molecule has 0 spiro atoms. The second kappa shape index (κ2) is 12.1. The van der Waals surface area contributed by atoms with Crippen molar-refractivity contribution in [3.8, 4) is 0 Å². The van der Waals surface area contributed by atoms with Crippen molar-refractivity contribution in [2.45, 2.75) is 25.3 Å². The van der Waals surface area contributed by atoms with Gasteiger partial charge in [-0.2, -0.15) is 0 Å². The number of hydrogen-bond donors (Lipinski definition) is 2. The first kappa shape index (κ1) is 30.4. The highest BCUT2D eigenvalue weighted by atomic mass is 35.5. The van der Waals surface area contributed by atoms with Gasteiger partial charge in [0.05, 0.1) is 29.1 Å². The Morgan fingerprint density at radius 2 is 1.44 bits per heavy atom. The fourth-order valence-corrected chi connectivity index (χ4v) is 6.48. The van der Waals surface area contributed by atoms with E-state index < -0.39 is 26.0 Å². The minimum absolute atomic E-state index is 0.0419. The molecule has 0 fully saturated rings. The molecule has 41 heavy (non-hydrogen) atoms. The van der Waals surface area contributed by atoms with Gasteiger partial charge in [0.1, 0.15) is 0 Å². The maximum atomic E-state index is 12.9. The number of hydrogen-bond acceptors (Lipinski definition) is 5. The lowest BCUT2D eigenvalue weighted by Gasteiger charge is -2.23. The first-order valence-electron chi connectivity index (χ1n) is 12.3. The summed E-state index contributed by atoms with van der Waals surface area (Å²) in [4.78, 5) is 12.9. The zero-order chi connectivity index (χ0) is 29.9. The van der Waals surface area contributed by atoms with Crippen molar-refractivity contribution in [3.05, 3.63) is 117 Å². The third-order valence-electron chi connectivity index (χ3n) is 6.24. The summed E-state index contributed by atoms with van der Waals surface area (Å²) in [5.41, 5.74) is 3.65.